The molecule has 0 bridgehead atoms. The highest BCUT2D eigenvalue weighted by atomic mass is 16.6. The molecule has 0 saturated heterocycles. The SMILES string of the molecule is CC(C)(C)OC(=O)CC[C@H](NC(=O)CC[C@H](NC(=O)CC[C@H](NC(=O)CC[C@H](NC(=O)[C@H](CC(=O)O)NC(=O)OC(C)(C)C)C(=O)OC(C)(C)C)C(=O)OC(C)(C)C)C(=O)OC(C)(C)C)C(=O)OC(C)(C)C. The Kier molecular flexibility index (Phi) is 25.4. The van der Waals surface area contributed by atoms with Gasteiger partial charge in [-0.15, -0.1) is 0 Å². The summed E-state index contributed by atoms with van der Waals surface area (Å²) in [6.45, 7) is 28.7. The van der Waals surface area contributed by atoms with Gasteiger partial charge in [-0.1, -0.05) is 0 Å². The molecule has 0 aliphatic heterocycles. The van der Waals surface area contributed by atoms with E-state index in [1.165, 1.54) is 0 Å². The summed E-state index contributed by atoms with van der Waals surface area (Å²) >= 11 is 0. The molecule has 5 amide bonds. The molecule has 0 radical (unpaired) electrons. The third kappa shape index (κ3) is 32.8. The Labute approximate surface area is 423 Å². The molecule has 0 heterocycles. The van der Waals surface area contributed by atoms with Crippen molar-refractivity contribution in [1.29, 1.82) is 0 Å². The number of ether oxygens (including phenoxy) is 6. The summed E-state index contributed by atoms with van der Waals surface area (Å²) in [5.74, 6) is -9.24. The third-order valence-electron chi connectivity index (χ3n) is 8.51. The van der Waals surface area contributed by atoms with Gasteiger partial charge in [-0.3, -0.25) is 28.8 Å². The summed E-state index contributed by atoms with van der Waals surface area (Å²) in [6, 6.07) is -7.47. The Bertz CT molecular complexity index is 1930. The molecule has 5 atom stereocenters. The van der Waals surface area contributed by atoms with Crippen molar-refractivity contribution in [2.45, 2.75) is 246 Å². The Balaban J connectivity index is 6.38. The fourth-order valence-corrected chi connectivity index (χ4v) is 5.87. The van der Waals surface area contributed by atoms with Crippen LogP contribution in [0.2, 0.25) is 0 Å². The molecule has 0 unspecified atom stereocenters. The first kappa shape index (κ1) is 66.0. The number of aliphatic carboxylic acids is 1. The van der Waals surface area contributed by atoms with Crippen molar-refractivity contribution in [3.05, 3.63) is 0 Å². The number of nitrogens with one attached hydrogen (secondary N) is 5. The average Bonchev–Trinajstić information content (AvgIpc) is 3.13. The topological polar surface area (TPSA) is 324 Å². The van der Waals surface area contributed by atoms with Gasteiger partial charge in [-0.25, -0.2) is 24.0 Å². The second-order valence-electron chi connectivity index (χ2n) is 23.1. The van der Waals surface area contributed by atoms with Gasteiger partial charge in [0.25, 0.3) is 0 Å². The lowest BCUT2D eigenvalue weighted by molar-refractivity contribution is -0.161. The van der Waals surface area contributed by atoms with E-state index in [1.807, 2.05) is 0 Å². The zero-order valence-corrected chi connectivity index (χ0v) is 45.6. The lowest BCUT2D eigenvalue weighted by atomic mass is 10.1. The first-order valence-electron chi connectivity index (χ1n) is 23.9. The molecule has 72 heavy (non-hydrogen) atoms. The first-order valence-corrected chi connectivity index (χ1v) is 23.9. The predicted molar refractivity (Wildman–Crippen MR) is 259 cm³/mol. The van der Waals surface area contributed by atoms with Gasteiger partial charge in [0.1, 0.15) is 63.8 Å². The summed E-state index contributed by atoms with van der Waals surface area (Å²) < 4.78 is 32.4. The molecule has 0 aliphatic carbocycles. The van der Waals surface area contributed by atoms with Crippen LogP contribution in [-0.2, 0) is 76.4 Å². The number of amides is 5. The summed E-state index contributed by atoms with van der Waals surface area (Å²) in [5.41, 5.74) is -5.91. The van der Waals surface area contributed by atoms with E-state index in [9.17, 15) is 57.8 Å². The highest BCUT2D eigenvalue weighted by molar-refractivity contribution is 5.93. The van der Waals surface area contributed by atoms with E-state index < -0.39 is 161 Å². The van der Waals surface area contributed by atoms with Crippen LogP contribution in [-0.4, -0.2) is 134 Å². The van der Waals surface area contributed by atoms with E-state index in [4.69, 9.17) is 28.4 Å². The number of alkyl carbamates (subject to hydrolysis) is 1. The largest absolute Gasteiger partial charge is 0.481 e. The minimum atomic E-state index is -1.72. The van der Waals surface area contributed by atoms with Gasteiger partial charge < -0.3 is 60.1 Å². The lowest BCUT2D eigenvalue weighted by Crippen LogP contribution is -2.54. The van der Waals surface area contributed by atoms with Crippen molar-refractivity contribution in [2.24, 2.45) is 0 Å². The molecular weight excluding hydrogens is 947 g/mol. The Morgan fingerprint density at radius 1 is 0.347 bits per heavy atom. The standard InChI is InChI=1S/C49H83N5O18/c1-44(2,3)67-37(60)26-22-30(41(64)70-47(10,11)12)52-34(56)24-20-28(39(62)68-45(4,5)6)50-33(55)23-19-29(40(63)69-46(7,8)9)51-35(57)25-21-31(42(65)71-48(13,14)15)53-38(61)32(27-36(58)59)54-43(66)72-49(16,17)18/h28-32H,19-27H2,1-18H3,(H,50,55)(H,51,57)(H,52,56)(H,53,61)(H,54,66)(H,58,59)/t28-,29-,30-,31-,32-/m0/s1. The number of carboxylic acids is 1. The smallest absolute Gasteiger partial charge is 0.408 e. The number of carboxylic acid groups (broad SMARTS) is 1. The molecule has 0 fully saturated rings. The van der Waals surface area contributed by atoms with Crippen LogP contribution in [0.4, 0.5) is 4.79 Å². The van der Waals surface area contributed by atoms with Gasteiger partial charge in [0.2, 0.25) is 23.6 Å². The summed E-state index contributed by atoms with van der Waals surface area (Å²) in [7, 11) is 0. The van der Waals surface area contributed by atoms with Crippen LogP contribution in [0.5, 0.6) is 0 Å². The normalized spacial score (nSPS) is 14.3. The maximum absolute atomic E-state index is 13.5. The molecule has 6 N–H and O–H groups in total. The van der Waals surface area contributed by atoms with Crippen molar-refractivity contribution in [3.63, 3.8) is 0 Å². The highest BCUT2D eigenvalue weighted by Crippen LogP contribution is 2.18. The number of hydrogen-bond donors (Lipinski definition) is 6. The fourth-order valence-electron chi connectivity index (χ4n) is 5.87. The van der Waals surface area contributed by atoms with Gasteiger partial charge in [-0.05, 0) is 150 Å². The van der Waals surface area contributed by atoms with Crippen LogP contribution in [0, 0.1) is 0 Å². The Morgan fingerprint density at radius 2 is 0.611 bits per heavy atom. The highest BCUT2D eigenvalue weighted by Gasteiger charge is 2.35. The molecule has 0 aromatic carbocycles. The van der Waals surface area contributed by atoms with E-state index in [2.05, 4.69) is 26.6 Å². The molecule has 0 aromatic heterocycles. The number of esters is 5. The third-order valence-corrected chi connectivity index (χ3v) is 8.51. The van der Waals surface area contributed by atoms with Gasteiger partial charge in [0.05, 0.1) is 6.42 Å². The second kappa shape index (κ2) is 27.7. The van der Waals surface area contributed by atoms with E-state index in [0.29, 0.717) is 0 Å². The van der Waals surface area contributed by atoms with Crippen LogP contribution in [0.1, 0.15) is 182 Å². The minimum absolute atomic E-state index is 0.165. The Morgan fingerprint density at radius 3 is 0.875 bits per heavy atom. The van der Waals surface area contributed by atoms with Crippen LogP contribution >= 0.6 is 0 Å². The van der Waals surface area contributed by atoms with E-state index in [-0.39, 0.29) is 25.7 Å². The zero-order chi connectivity index (χ0) is 56.4. The molecule has 0 rings (SSSR count). The van der Waals surface area contributed by atoms with Crippen LogP contribution in [0.3, 0.4) is 0 Å². The van der Waals surface area contributed by atoms with Gasteiger partial charge >= 0.3 is 41.9 Å². The maximum atomic E-state index is 13.5. The number of carbonyl (C=O) groups is 11. The zero-order valence-electron chi connectivity index (χ0n) is 45.6. The molecule has 23 heteroatoms. The van der Waals surface area contributed by atoms with E-state index >= 15 is 0 Å². The molecule has 23 nitrogen and oxygen atoms in total. The summed E-state index contributed by atoms with van der Waals surface area (Å²) in [4.78, 5) is 144. The quantitative estimate of drug-likeness (QED) is 0.0585. The van der Waals surface area contributed by atoms with Crippen molar-refractivity contribution >= 4 is 65.5 Å². The fraction of sp³-hybridized carbons (Fsp3) is 0.776. The van der Waals surface area contributed by atoms with Crippen LogP contribution < -0.4 is 26.6 Å². The average molecular weight is 1030 g/mol. The van der Waals surface area contributed by atoms with E-state index in [0.717, 1.165) is 0 Å². The monoisotopic (exact) mass is 1030 g/mol. The van der Waals surface area contributed by atoms with Gasteiger partial charge in [-0.2, -0.15) is 0 Å². The minimum Gasteiger partial charge on any atom is -0.481 e. The molecule has 0 aliphatic rings. The molecule has 412 valence electrons. The number of carbonyl (C=O) groups excluding carboxylic acids is 10. The molecular formula is C49H83N5O18. The van der Waals surface area contributed by atoms with Gasteiger partial charge in [0.15, 0.2) is 0 Å². The van der Waals surface area contributed by atoms with Crippen molar-refractivity contribution in [3.8, 4) is 0 Å². The van der Waals surface area contributed by atoms with Crippen molar-refractivity contribution in [1.82, 2.24) is 26.6 Å². The summed E-state index contributed by atoms with van der Waals surface area (Å²) in [5, 5.41) is 21.5. The number of rotatable bonds is 24. The molecule has 0 spiro atoms. The molecule has 0 aromatic rings. The lowest BCUT2D eigenvalue weighted by Gasteiger charge is -2.27. The predicted octanol–water partition coefficient (Wildman–Crippen LogP) is 4.12. The van der Waals surface area contributed by atoms with Crippen LogP contribution in [0.25, 0.3) is 0 Å². The van der Waals surface area contributed by atoms with Crippen molar-refractivity contribution < 1.29 is 86.3 Å². The maximum Gasteiger partial charge on any atom is 0.408 e. The van der Waals surface area contributed by atoms with Crippen LogP contribution in [0.15, 0.2) is 0 Å². The summed E-state index contributed by atoms with van der Waals surface area (Å²) in [6.07, 6.45) is -5.03. The number of hydrogen-bond acceptors (Lipinski definition) is 17. The molecule has 0 saturated carbocycles. The second-order valence-corrected chi connectivity index (χ2v) is 23.1. The van der Waals surface area contributed by atoms with Crippen molar-refractivity contribution in [2.75, 3.05) is 0 Å². The van der Waals surface area contributed by atoms with E-state index in [1.54, 1.807) is 125 Å². The first-order chi connectivity index (χ1) is 32.3. The Hall–Kier alpha value is -6.03. The van der Waals surface area contributed by atoms with Gasteiger partial charge in [0, 0.05) is 25.7 Å².